The summed E-state index contributed by atoms with van der Waals surface area (Å²) in [5.74, 6) is -0.855. The van der Waals surface area contributed by atoms with E-state index in [4.69, 9.17) is 4.74 Å². The van der Waals surface area contributed by atoms with Gasteiger partial charge in [-0.25, -0.2) is 4.79 Å². The van der Waals surface area contributed by atoms with Crippen LogP contribution in [-0.2, 0) is 6.54 Å². The van der Waals surface area contributed by atoms with Crippen molar-refractivity contribution in [1.29, 1.82) is 5.26 Å². The number of carbonyl (C=O) groups is 1. The van der Waals surface area contributed by atoms with E-state index < -0.39 is 23.3 Å². The molecule has 0 bridgehead atoms. The Bertz CT molecular complexity index is 1160. The van der Waals surface area contributed by atoms with Gasteiger partial charge in [0.1, 0.15) is 6.07 Å². The van der Waals surface area contributed by atoms with Gasteiger partial charge in [0.05, 0.1) is 11.9 Å². The molecule has 2 aromatic heterocycles. The smallest absolute Gasteiger partial charge is 0.414 e. The van der Waals surface area contributed by atoms with E-state index in [9.17, 15) is 20.0 Å². The minimum atomic E-state index is -0.758. The Hall–Kier alpha value is -3.86. The van der Waals surface area contributed by atoms with E-state index >= 15 is 0 Å². The Kier molecular flexibility index (Phi) is 4.41. The van der Waals surface area contributed by atoms with Crippen LogP contribution in [0.15, 0.2) is 47.4 Å². The summed E-state index contributed by atoms with van der Waals surface area (Å²) < 4.78 is 6.47. The maximum absolute atomic E-state index is 12.9. The van der Waals surface area contributed by atoms with Gasteiger partial charge in [-0.3, -0.25) is 4.79 Å². The lowest BCUT2D eigenvalue weighted by Crippen LogP contribution is -2.29. The number of nitriles is 1. The van der Waals surface area contributed by atoms with E-state index in [0.717, 1.165) is 18.4 Å². The normalized spacial score (nSPS) is 13.1. The number of nitrogens with zero attached hydrogens (tertiary/aromatic N) is 3. The fourth-order valence-corrected chi connectivity index (χ4v) is 2.89. The first-order valence-electron chi connectivity index (χ1n) is 8.75. The first kappa shape index (κ1) is 17.5. The highest BCUT2D eigenvalue weighted by atomic mass is 16.6. The van der Waals surface area contributed by atoms with E-state index in [1.807, 2.05) is 36.4 Å². The standard InChI is InChI=1S/C20H16N4O4/c21-10-15-16-14(17(25)18(23-15)28-20(27)22-13-6-7-13)8-9-24(19(16)26)11-12-4-2-1-3-5-12/h1-5,8-9,13,25H,6-7,11H2,(H,22,27). The Balaban J connectivity index is 1.75. The van der Waals surface area contributed by atoms with Crippen LogP contribution in [0.2, 0.25) is 0 Å². The van der Waals surface area contributed by atoms with Crippen molar-refractivity contribution < 1.29 is 14.6 Å². The zero-order valence-electron chi connectivity index (χ0n) is 14.8. The monoisotopic (exact) mass is 376 g/mol. The van der Waals surface area contributed by atoms with Crippen LogP contribution in [-0.4, -0.2) is 26.8 Å². The molecule has 140 valence electrons. The Morgan fingerprint density at radius 3 is 2.75 bits per heavy atom. The summed E-state index contributed by atoms with van der Waals surface area (Å²) in [6.07, 6.45) is 2.51. The lowest BCUT2D eigenvalue weighted by molar-refractivity contribution is 0.196. The molecule has 0 atom stereocenters. The van der Waals surface area contributed by atoms with Crippen molar-refractivity contribution >= 4 is 16.9 Å². The van der Waals surface area contributed by atoms with Crippen LogP contribution in [0.25, 0.3) is 10.8 Å². The highest BCUT2D eigenvalue weighted by molar-refractivity contribution is 5.92. The third-order valence-corrected chi connectivity index (χ3v) is 4.46. The molecule has 0 spiro atoms. The van der Waals surface area contributed by atoms with E-state index in [2.05, 4.69) is 10.3 Å². The van der Waals surface area contributed by atoms with Crippen LogP contribution in [0, 0.1) is 11.3 Å². The third-order valence-electron chi connectivity index (χ3n) is 4.46. The van der Waals surface area contributed by atoms with Gasteiger partial charge in [0.15, 0.2) is 11.4 Å². The van der Waals surface area contributed by atoms with Crippen molar-refractivity contribution in [1.82, 2.24) is 14.9 Å². The van der Waals surface area contributed by atoms with Crippen LogP contribution in [0.1, 0.15) is 24.1 Å². The first-order valence-corrected chi connectivity index (χ1v) is 8.75. The predicted molar refractivity (Wildman–Crippen MR) is 100 cm³/mol. The summed E-state index contributed by atoms with van der Waals surface area (Å²) in [5.41, 5.74) is 0.237. The number of benzene rings is 1. The van der Waals surface area contributed by atoms with Crippen molar-refractivity contribution in [3.8, 4) is 17.7 Å². The minimum absolute atomic E-state index is 0.0200. The highest BCUT2D eigenvalue weighted by Gasteiger charge is 2.26. The molecule has 28 heavy (non-hydrogen) atoms. The largest absolute Gasteiger partial charge is 0.503 e. The second-order valence-corrected chi connectivity index (χ2v) is 6.56. The van der Waals surface area contributed by atoms with Gasteiger partial charge in [0, 0.05) is 17.6 Å². The van der Waals surface area contributed by atoms with Crippen molar-refractivity contribution in [2.75, 3.05) is 0 Å². The SMILES string of the molecule is N#Cc1nc(OC(=O)NC2CC2)c(O)c2ccn(Cc3ccccc3)c(=O)c12. The van der Waals surface area contributed by atoms with E-state index in [0.29, 0.717) is 6.54 Å². The van der Waals surface area contributed by atoms with Gasteiger partial charge in [-0.1, -0.05) is 30.3 Å². The molecule has 1 aliphatic rings. The van der Waals surface area contributed by atoms with Gasteiger partial charge in [-0.2, -0.15) is 10.2 Å². The Labute approximate surface area is 159 Å². The summed E-state index contributed by atoms with van der Waals surface area (Å²) in [6.45, 7) is 0.309. The van der Waals surface area contributed by atoms with Crippen LogP contribution in [0.3, 0.4) is 0 Å². The second kappa shape index (κ2) is 7.04. The molecule has 1 amide bonds. The molecule has 3 aromatic rings. The summed E-state index contributed by atoms with van der Waals surface area (Å²) >= 11 is 0. The molecule has 2 N–H and O–H groups in total. The van der Waals surface area contributed by atoms with Crippen molar-refractivity contribution in [2.45, 2.75) is 25.4 Å². The van der Waals surface area contributed by atoms with Gasteiger partial charge >= 0.3 is 6.09 Å². The Morgan fingerprint density at radius 2 is 2.07 bits per heavy atom. The number of ether oxygens (including phenoxy) is 1. The van der Waals surface area contributed by atoms with Gasteiger partial charge in [-0.05, 0) is 24.5 Å². The molecule has 8 nitrogen and oxygen atoms in total. The number of hydrogen-bond acceptors (Lipinski definition) is 6. The summed E-state index contributed by atoms with van der Waals surface area (Å²) in [4.78, 5) is 28.6. The number of pyridine rings is 2. The quantitative estimate of drug-likeness (QED) is 0.721. The maximum atomic E-state index is 12.9. The number of aromatic nitrogens is 2. The van der Waals surface area contributed by atoms with Crippen molar-refractivity contribution in [3.05, 3.63) is 64.2 Å². The Morgan fingerprint density at radius 1 is 1.32 bits per heavy atom. The number of amides is 1. The van der Waals surface area contributed by atoms with Crippen LogP contribution < -0.4 is 15.6 Å². The topological polar surface area (TPSA) is 117 Å². The van der Waals surface area contributed by atoms with Crippen LogP contribution in [0.5, 0.6) is 11.6 Å². The first-order chi connectivity index (χ1) is 13.6. The maximum Gasteiger partial charge on any atom is 0.414 e. The average Bonchev–Trinajstić information content (AvgIpc) is 3.50. The van der Waals surface area contributed by atoms with Gasteiger partial charge in [-0.15, -0.1) is 0 Å². The van der Waals surface area contributed by atoms with Crippen molar-refractivity contribution in [3.63, 3.8) is 0 Å². The van der Waals surface area contributed by atoms with Gasteiger partial charge < -0.3 is 19.7 Å². The van der Waals surface area contributed by atoms with Crippen LogP contribution >= 0.6 is 0 Å². The molecular weight excluding hydrogens is 360 g/mol. The van der Waals surface area contributed by atoms with Gasteiger partial charge in [0.25, 0.3) is 11.4 Å². The molecular formula is C20H16N4O4. The zero-order valence-corrected chi connectivity index (χ0v) is 14.8. The minimum Gasteiger partial charge on any atom is -0.503 e. The summed E-state index contributed by atoms with van der Waals surface area (Å²) in [5, 5.41) is 22.6. The third kappa shape index (κ3) is 3.38. The van der Waals surface area contributed by atoms with E-state index in [1.165, 1.54) is 16.8 Å². The molecule has 0 saturated heterocycles. The number of hydrogen-bond donors (Lipinski definition) is 2. The summed E-state index contributed by atoms with van der Waals surface area (Å²) in [6, 6.07) is 12.8. The highest BCUT2D eigenvalue weighted by Crippen LogP contribution is 2.33. The molecule has 8 heteroatoms. The molecule has 2 heterocycles. The number of aromatic hydroxyl groups is 1. The summed E-state index contributed by atoms with van der Waals surface area (Å²) in [7, 11) is 0. The zero-order chi connectivity index (χ0) is 19.7. The lowest BCUT2D eigenvalue weighted by Gasteiger charge is -2.11. The molecule has 1 saturated carbocycles. The van der Waals surface area contributed by atoms with E-state index in [1.54, 1.807) is 0 Å². The number of carbonyl (C=O) groups excluding carboxylic acids is 1. The molecule has 0 radical (unpaired) electrons. The number of nitrogens with one attached hydrogen (secondary N) is 1. The molecule has 1 aliphatic carbocycles. The molecule has 4 rings (SSSR count). The fraction of sp³-hybridized carbons (Fsp3) is 0.200. The lowest BCUT2D eigenvalue weighted by atomic mass is 10.1. The van der Waals surface area contributed by atoms with E-state index in [-0.39, 0.29) is 22.5 Å². The number of rotatable bonds is 4. The fourth-order valence-electron chi connectivity index (χ4n) is 2.89. The van der Waals surface area contributed by atoms with Crippen LogP contribution in [0.4, 0.5) is 4.79 Å². The average molecular weight is 376 g/mol. The predicted octanol–water partition coefficient (Wildman–Crippen LogP) is 2.27. The molecule has 1 aromatic carbocycles. The second-order valence-electron chi connectivity index (χ2n) is 6.56. The molecule has 1 fully saturated rings. The molecule has 0 unspecified atom stereocenters. The van der Waals surface area contributed by atoms with Gasteiger partial charge in [0.2, 0.25) is 0 Å². The van der Waals surface area contributed by atoms with Crippen molar-refractivity contribution in [2.24, 2.45) is 0 Å². The molecule has 0 aliphatic heterocycles. The number of fused-ring (bicyclic) bond motifs is 1.